The molecule has 0 radical (unpaired) electrons. The molecule has 3 aromatic rings. The summed E-state index contributed by atoms with van der Waals surface area (Å²) >= 11 is 0. The number of carbonyl (C=O) groups excluding carboxylic acids is 1. The lowest BCUT2D eigenvalue weighted by molar-refractivity contribution is 0.101. The summed E-state index contributed by atoms with van der Waals surface area (Å²) in [6.07, 6.45) is 3.62. The van der Waals surface area contributed by atoms with Crippen LogP contribution in [0.2, 0.25) is 0 Å². The molecule has 0 saturated carbocycles. The zero-order valence-corrected chi connectivity index (χ0v) is 12.7. The molecule has 0 aliphatic carbocycles. The number of rotatable bonds is 3. The van der Waals surface area contributed by atoms with E-state index in [0.29, 0.717) is 22.5 Å². The number of aromatic amines is 1. The van der Waals surface area contributed by atoms with E-state index in [0.717, 1.165) is 11.1 Å². The largest absolute Gasteiger partial charge is 0.494 e. The number of hydrogen-bond acceptors (Lipinski definition) is 2. The summed E-state index contributed by atoms with van der Waals surface area (Å²) < 4.78 is 0. The quantitative estimate of drug-likeness (QED) is 0.766. The van der Waals surface area contributed by atoms with Crippen LogP contribution in [0.25, 0.3) is 17.3 Å². The van der Waals surface area contributed by atoms with Gasteiger partial charge in [-0.1, -0.05) is 66.7 Å². The maximum Gasteiger partial charge on any atom is 0.280 e. The van der Waals surface area contributed by atoms with E-state index in [4.69, 9.17) is 0 Å². The predicted octanol–water partition coefficient (Wildman–Crippen LogP) is 4.04. The molecular formula is C20H14N2O2. The van der Waals surface area contributed by atoms with E-state index < -0.39 is 0 Å². The highest BCUT2D eigenvalue weighted by Crippen LogP contribution is 2.36. The monoisotopic (exact) mass is 314 g/mol. The van der Waals surface area contributed by atoms with Crippen LogP contribution in [0.15, 0.2) is 71.7 Å². The molecule has 0 atom stereocenters. The number of benzene rings is 2. The second kappa shape index (κ2) is 5.66. The minimum atomic E-state index is -0.340. The summed E-state index contributed by atoms with van der Waals surface area (Å²) in [5.41, 5.74) is 3.79. The molecule has 4 rings (SSSR count). The third kappa shape index (κ3) is 2.34. The molecule has 2 heterocycles. The van der Waals surface area contributed by atoms with Crippen molar-refractivity contribution < 1.29 is 9.90 Å². The fourth-order valence-corrected chi connectivity index (χ4v) is 2.85. The number of carbonyl (C=O) groups is 1. The zero-order chi connectivity index (χ0) is 16.5. The molecule has 4 heteroatoms. The van der Waals surface area contributed by atoms with Gasteiger partial charge in [-0.15, -0.1) is 0 Å². The van der Waals surface area contributed by atoms with E-state index in [9.17, 15) is 9.90 Å². The Bertz CT molecular complexity index is 968. The molecule has 1 aliphatic heterocycles. The number of hydrogen-bond donors (Lipinski definition) is 2. The summed E-state index contributed by atoms with van der Waals surface area (Å²) in [7, 11) is 0. The lowest BCUT2D eigenvalue weighted by atomic mass is 10.0. The Balaban J connectivity index is 1.76. The SMILES string of the molecule is O=C1N=C(/C=C/c2ccccc2)c2c(O)[nH]c(-c3ccccc3)c21. The molecule has 0 fully saturated rings. The van der Waals surface area contributed by atoms with Crippen LogP contribution < -0.4 is 0 Å². The predicted molar refractivity (Wildman–Crippen MR) is 94.2 cm³/mol. The highest BCUT2D eigenvalue weighted by atomic mass is 16.3. The second-order valence-electron chi connectivity index (χ2n) is 5.51. The topological polar surface area (TPSA) is 65.4 Å². The fraction of sp³-hybridized carbons (Fsp3) is 0. The molecule has 0 spiro atoms. The molecule has 24 heavy (non-hydrogen) atoms. The Morgan fingerprint density at radius 1 is 0.875 bits per heavy atom. The van der Waals surface area contributed by atoms with Gasteiger partial charge in [0.1, 0.15) is 0 Å². The minimum Gasteiger partial charge on any atom is -0.494 e. The summed E-state index contributed by atoms with van der Waals surface area (Å²) in [4.78, 5) is 19.3. The van der Waals surface area contributed by atoms with Crippen molar-refractivity contribution in [3.05, 3.63) is 83.4 Å². The summed E-state index contributed by atoms with van der Waals surface area (Å²) in [6, 6.07) is 19.2. The van der Waals surface area contributed by atoms with Crippen LogP contribution in [0.3, 0.4) is 0 Å². The first-order valence-corrected chi connectivity index (χ1v) is 7.61. The van der Waals surface area contributed by atoms with Gasteiger partial charge < -0.3 is 10.1 Å². The van der Waals surface area contributed by atoms with Crippen molar-refractivity contribution in [2.75, 3.05) is 0 Å². The van der Waals surface area contributed by atoms with Gasteiger partial charge in [0.2, 0.25) is 0 Å². The van der Waals surface area contributed by atoms with Crippen LogP contribution in [-0.4, -0.2) is 21.7 Å². The molecule has 0 bridgehead atoms. The van der Waals surface area contributed by atoms with Crippen LogP contribution in [0.5, 0.6) is 5.88 Å². The molecule has 2 aromatic carbocycles. The van der Waals surface area contributed by atoms with Crippen LogP contribution >= 0.6 is 0 Å². The number of aromatic nitrogens is 1. The molecule has 1 amide bonds. The van der Waals surface area contributed by atoms with Crippen LogP contribution in [-0.2, 0) is 0 Å². The summed E-state index contributed by atoms with van der Waals surface area (Å²) in [5.74, 6) is -0.376. The lowest BCUT2D eigenvalue weighted by Crippen LogP contribution is -1.92. The van der Waals surface area contributed by atoms with Crippen molar-refractivity contribution >= 4 is 17.7 Å². The van der Waals surface area contributed by atoms with Crippen molar-refractivity contribution in [3.63, 3.8) is 0 Å². The molecule has 116 valence electrons. The number of allylic oxidation sites excluding steroid dienone is 1. The van der Waals surface area contributed by atoms with Crippen molar-refractivity contribution in [2.45, 2.75) is 0 Å². The average molecular weight is 314 g/mol. The zero-order valence-electron chi connectivity index (χ0n) is 12.7. The molecule has 1 aromatic heterocycles. The number of fused-ring (bicyclic) bond motifs is 1. The van der Waals surface area contributed by atoms with Gasteiger partial charge in [0.15, 0.2) is 5.88 Å². The third-order valence-corrected chi connectivity index (χ3v) is 3.97. The lowest BCUT2D eigenvalue weighted by Gasteiger charge is -1.99. The molecule has 0 unspecified atom stereocenters. The first-order chi connectivity index (χ1) is 11.7. The van der Waals surface area contributed by atoms with Crippen molar-refractivity contribution in [1.82, 2.24) is 4.98 Å². The van der Waals surface area contributed by atoms with Gasteiger partial charge in [-0.3, -0.25) is 4.79 Å². The van der Waals surface area contributed by atoms with E-state index in [2.05, 4.69) is 9.98 Å². The van der Waals surface area contributed by atoms with Crippen LogP contribution in [0, 0.1) is 0 Å². The van der Waals surface area contributed by atoms with E-state index in [-0.39, 0.29) is 11.8 Å². The Labute approximate surface area is 138 Å². The Morgan fingerprint density at radius 2 is 1.54 bits per heavy atom. The molecule has 2 N–H and O–H groups in total. The third-order valence-electron chi connectivity index (χ3n) is 3.97. The number of amides is 1. The van der Waals surface area contributed by atoms with Crippen molar-refractivity contribution in [1.29, 1.82) is 0 Å². The smallest absolute Gasteiger partial charge is 0.280 e. The van der Waals surface area contributed by atoms with Crippen LogP contribution in [0.1, 0.15) is 21.5 Å². The molecule has 1 aliphatic rings. The standard InChI is InChI=1S/C20H14N2O2/c23-19-16-15(12-11-13-7-3-1-4-8-13)21-20(24)17(16)18(22-19)14-9-5-2-6-10-14/h1-12,22-23H/b12-11+. The first kappa shape index (κ1) is 14.2. The molecule has 0 saturated heterocycles. The Morgan fingerprint density at radius 3 is 2.25 bits per heavy atom. The fourth-order valence-electron chi connectivity index (χ4n) is 2.85. The van der Waals surface area contributed by atoms with E-state index in [1.807, 2.05) is 66.7 Å². The highest BCUT2D eigenvalue weighted by molar-refractivity contribution is 6.29. The number of aliphatic imine (C=N–C) groups is 1. The number of nitrogens with zero attached hydrogens (tertiary/aromatic N) is 1. The van der Waals surface area contributed by atoms with Crippen molar-refractivity contribution in [3.8, 4) is 17.1 Å². The summed E-state index contributed by atoms with van der Waals surface area (Å²) in [5, 5.41) is 10.3. The Hall–Kier alpha value is -3.40. The van der Waals surface area contributed by atoms with Gasteiger partial charge in [0.05, 0.1) is 22.5 Å². The molecular weight excluding hydrogens is 300 g/mol. The average Bonchev–Trinajstić information content (AvgIpc) is 3.14. The van der Waals surface area contributed by atoms with E-state index in [1.165, 1.54) is 0 Å². The highest BCUT2D eigenvalue weighted by Gasteiger charge is 2.31. The van der Waals surface area contributed by atoms with Gasteiger partial charge in [-0.2, -0.15) is 0 Å². The number of H-pyrrole nitrogens is 1. The Kier molecular flexibility index (Phi) is 3.35. The summed E-state index contributed by atoms with van der Waals surface area (Å²) in [6.45, 7) is 0. The maximum atomic E-state index is 12.3. The normalized spacial score (nSPS) is 13.3. The molecule has 4 nitrogen and oxygen atoms in total. The second-order valence-corrected chi connectivity index (χ2v) is 5.51. The van der Waals surface area contributed by atoms with Gasteiger partial charge in [-0.25, -0.2) is 4.99 Å². The first-order valence-electron chi connectivity index (χ1n) is 7.61. The van der Waals surface area contributed by atoms with E-state index in [1.54, 1.807) is 6.08 Å². The van der Waals surface area contributed by atoms with E-state index >= 15 is 0 Å². The van der Waals surface area contributed by atoms with Gasteiger partial charge in [0.25, 0.3) is 5.91 Å². The van der Waals surface area contributed by atoms with Gasteiger partial charge in [-0.05, 0) is 17.2 Å². The van der Waals surface area contributed by atoms with Crippen LogP contribution in [0.4, 0.5) is 0 Å². The van der Waals surface area contributed by atoms with Gasteiger partial charge >= 0.3 is 0 Å². The maximum absolute atomic E-state index is 12.3. The van der Waals surface area contributed by atoms with Gasteiger partial charge in [0, 0.05) is 0 Å². The minimum absolute atomic E-state index is 0.0360. The number of nitrogens with one attached hydrogen (secondary N) is 1. The number of aromatic hydroxyl groups is 1. The van der Waals surface area contributed by atoms with Crippen molar-refractivity contribution in [2.24, 2.45) is 4.99 Å².